The van der Waals surface area contributed by atoms with Crippen LogP contribution in [0.5, 0.6) is 5.75 Å². The van der Waals surface area contributed by atoms with E-state index in [1.807, 2.05) is 0 Å². The van der Waals surface area contributed by atoms with Crippen LogP contribution in [0, 0.1) is 18.2 Å². The smallest absolute Gasteiger partial charge is 0.224 e. The molecule has 1 aromatic rings. The first-order valence-corrected chi connectivity index (χ1v) is 4.81. The van der Waals surface area contributed by atoms with Gasteiger partial charge in [0.05, 0.1) is 19.6 Å². The number of nitrogens with one attached hydrogen (secondary N) is 1. The summed E-state index contributed by atoms with van der Waals surface area (Å²) in [6.07, 6.45) is 5.12. The number of amides is 1. The van der Waals surface area contributed by atoms with E-state index in [-0.39, 0.29) is 31.2 Å². The van der Waals surface area contributed by atoms with Crippen LogP contribution in [0.4, 0.5) is 4.39 Å². The number of terminal acetylenes is 1. The summed E-state index contributed by atoms with van der Waals surface area (Å²) in [5.41, 5.74) is 0. The molecule has 4 heteroatoms. The van der Waals surface area contributed by atoms with E-state index in [1.54, 1.807) is 12.1 Å². The van der Waals surface area contributed by atoms with Gasteiger partial charge in [0.2, 0.25) is 5.91 Å². The maximum Gasteiger partial charge on any atom is 0.224 e. The number of hydrogen-bond donors (Lipinski definition) is 1. The molecule has 84 valence electrons. The van der Waals surface area contributed by atoms with Gasteiger partial charge < -0.3 is 10.1 Å². The van der Waals surface area contributed by atoms with Crippen LogP contribution in [0.3, 0.4) is 0 Å². The minimum atomic E-state index is -0.438. The molecule has 0 heterocycles. The number of carbonyl (C=O) groups is 1. The summed E-state index contributed by atoms with van der Waals surface area (Å²) in [6.45, 7) is 0.315. The Morgan fingerprint density at radius 3 is 2.94 bits per heavy atom. The third-order valence-electron chi connectivity index (χ3n) is 1.81. The molecule has 0 spiro atoms. The fraction of sp³-hybridized carbons (Fsp3) is 0.250. The minimum absolute atomic E-state index is 0.122. The van der Waals surface area contributed by atoms with Gasteiger partial charge >= 0.3 is 0 Å². The van der Waals surface area contributed by atoms with Crippen LogP contribution < -0.4 is 10.1 Å². The molecule has 1 N–H and O–H groups in total. The lowest BCUT2D eigenvalue weighted by Crippen LogP contribution is -2.25. The van der Waals surface area contributed by atoms with Gasteiger partial charge in [-0.3, -0.25) is 4.79 Å². The van der Waals surface area contributed by atoms with E-state index >= 15 is 0 Å². The Kier molecular flexibility index (Phi) is 4.87. The third kappa shape index (κ3) is 4.01. The first kappa shape index (κ1) is 12.1. The first-order valence-electron chi connectivity index (χ1n) is 4.81. The molecule has 0 aliphatic carbocycles. The zero-order valence-corrected chi connectivity index (χ0v) is 8.70. The van der Waals surface area contributed by atoms with Gasteiger partial charge in [0.25, 0.3) is 0 Å². The molecule has 0 bridgehead atoms. The number of hydrogen-bond acceptors (Lipinski definition) is 2. The lowest BCUT2D eigenvalue weighted by atomic mass is 10.3. The number of benzene rings is 1. The normalized spacial score (nSPS) is 9.25. The monoisotopic (exact) mass is 221 g/mol. The van der Waals surface area contributed by atoms with Crippen molar-refractivity contribution < 1.29 is 13.9 Å². The molecule has 16 heavy (non-hydrogen) atoms. The summed E-state index contributed by atoms with van der Waals surface area (Å²) in [5.74, 6) is 1.78. The number of ether oxygens (including phenoxy) is 1. The summed E-state index contributed by atoms with van der Waals surface area (Å²) in [7, 11) is 0. The molecule has 1 rings (SSSR count). The van der Waals surface area contributed by atoms with Crippen LogP contribution >= 0.6 is 0 Å². The van der Waals surface area contributed by atoms with Gasteiger partial charge in [-0.05, 0) is 12.1 Å². The molecule has 0 aromatic heterocycles. The molecular weight excluding hydrogens is 209 g/mol. The highest BCUT2D eigenvalue weighted by atomic mass is 19.1. The van der Waals surface area contributed by atoms with Crippen LogP contribution in [0.25, 0.3) is 0 Å². The van der Waals surface area contributed by atoms with Gasteiger partial charge in [0.15, 0.2) is 11.6 Å². The standard InChI is InChI=1S/C12H12FNO2/c1-2-8-14-12(15)7-9-16-11-6-4-3-5-10(11)13/h1,3-6H,7-9H2,(H,14,15). The van der Waals surface area contributed by atoms with Gasteiger partial charge in [0.1, 0.15) is 0 Å². The number of para-hydroxylation sites is 1. The fourth-order valence-corrected chi connectivity index (χ4v) is 1.05. The van der Waals surface area contributed by atoms with Crippen LogP contribution in [0.1, 0.15) is 6.42 Å². The van der Waals surface area contributed by atoms with E-state index in [0.29, 0.717) is 0 Å². The average molecular weight is 221 g/mol. The van der Waals surface area contributed by atoms with E-state index in [0.717, 1.165) is 0 Å². The molecule has 0 fully saturated rings. The van der Waals surface area contributed by atoms with Gasteiger partial charge in [-0.25, -0.2) is 4.39 Å². The molecule has 0 aliphatic heterocycles. The van der Waals surface area contributed by atoms with Gasteiger partial charge in [0, 0.05) is 0 Å². The largest absolute Gasteiger partial charge is 0.490 e. The Hall–Kier alpha value is -2.02. The molecule has 0 saturated carbocycles. The topological polar surface area (TPSA) is 38.3 Å². The molecule has 0 unspecified atom stereocenters. The minimum Gasteiger partial charge on any atom is -0.490 e. The molecule has 0 aliphatic rings. The predicted molar refractivity (Wildman–Crippen MR) is 58.4 cm³/mol. The molecule has 0 atom stereocenters. The second-order valence-electron chi connectivity index (χ2n) is 3.01. The summed E-state index contributed by atoms with van der Waals surface area (Å²) in [6, 6.07) is 6.04. The second kappa shape index (κ2) is 6.46. The van der Waals surface area contributed by atoms with E-state index < -0.39 is 5.82 Å². The Morgan fingerprint density at radius 1 is 1.50 bits per heavy atom. The van der Waals surface area contributed by atoms with Gasteiger partial charge in [-0.2, -0.15) is 0 Å². The second-order valence-corrected chi connectivity index (χ2v) is 3.01. The maximum atomic E-state index is 13.1. The molecular formula is C12H12FNO2. The van der Waals surface area contributed by atoms with E-state index in [2.05, 4.69) is 11.2 Å². The van der Waals surface area contributed by atoms with Crippen molar-refractivity contribution in [1.29, 1.82) is 0 Å². The van der Waals surface area contributed by atoms with E-state index in [1.165, 1.54) is 12.1 Å². The number of rotatable bonds is 5. The fourth-order valence-electron chi connectivity index (χ4n) is 1.05. The van der Waals surface area contributed by atoms with Crippen molar-refractivity contribution in [3.8, 4) is 18.1 Å². The van der Waals surface area contributed by atoms with Crippen molar-refractivity contribution in [3.05, 3.63) is 30.1 Å². The zero-order chi connectivity index (χ0) is 11.8. The molecule has 0 radical (unpaired) electrons. The third-order valence-corrected chi connectivity index (χ3v) is 1.81. The maximum absolute atomic E-state index is 13.1. The highest BCUT2D eigenvalue weighted by Crippen LogP contribution is 2.15. The van der Waals surface area contributed by atoms with Crippen molar-refractivity contribution in [2.45, 2.75) is 6.42 Å². The van der Waals surface area contributed by atoms with Crippen molar-refractivity contribution in [2.24, 2.45) is 0 Å². The molecule has 1 amide bonds. The molecule has 1 aromatic carbocycles. The Bertz CT molecular complexity index is 398. The Labute approximate surface area is 93.6 Å². The average Bonchev–Trinajstić information content (AvgIpc) is 2.29. The van der Waals surface area contributed by atoms with Crippen molar-refractivity contribution in [2.75, 3.05) is 13.2 Å². The van der Waals surface area contributed by atoms with Gasteiger partial charge in [-0.15, -0.1) is 6.42 Å². The number of carbonyl (C=O) groups excluding carboxylic acids is 1. The summed E-state index contributed by atoms with van der Waals surface area (Å²) < 4.78 is 18.2. The van der Waals surface area contributed by atoms with Crippen LogP contribution in [-0.2, 0) is 4.79 Å². The lowest BCUT2D eigenvalue weighted by Gasteiger charge is -2.06. The Balaban J connectivity index is 2.29. The van der Waals surface area contributed by atoms with Gasteiger partial charge in [-0.1, -0.05) is 18.1 Å². The van der Waals surface area contributed by atoms with Crippen LogP contribution in [0.15, 0.2) is 24.3 Å². The summed E-state index contributed by atoms with van der Waals surface area (Å²) in [4.78, 5) is 11.1. The van der Waals surface area contributed by atoms with Crippen molar-refractivity contribution in [1.82, 2.24) is 5.32 Å². The van der Waals surface area contributed by atoms with Crippen LogP contribution in [-0.4, -0.2) is 19.1 Å². The SMILES string of the molecule is C#CCNC(=O)CCOc1ccccc1F. The summed E-state index contributed by atoms with van der Waals surface area (Å²) >= 11 is 0. The highest BCUT2D eigenvalue weighted by molar-refractivity contribution is 5.76. The van der Waals surface area contributed by atoms with E-state index in [9.17, 15) is 9.18 Å². The summed E-state index contributed by atoms with van der Waals surface area (Å²) in [5, 5.41) is 2.48. The predicted octanol–water partition coefficient (Wildman–Crippen LogP) is 1.34. The zero-order valence-electron chi connectivity index (χ0n) is 8.70. The highest BCUT2D eigenvalue weighted by Gasteiger charge is 2.03. The van der Waals surface area contributed by atoms with Crippen molar-refractivity contribution in [3.63, 3.8) is 0 Å². The van der Waals surface area contributed by atoms with Crippen LogP contribution in [0.2, 0.25) is 0 Å². The van der Waals surface area contributed by atoms with Crippen molar-refractivity contribution >= 4 is 5.91 Å². The molecule has 0 saturated heterocycles. The first-order chi connectivity index (χ1) is 7.74. The number of halogens is 1. The Morgan fingerprint density at radius 2 is 2.25 bits per heavy atom. The quantitative estimate of drug-likeness (QED) is 0.762. The lowest BCUT2D eigenvalue weighted by molar-refractivity contribution is -0.121. The van der Waals surface area contributed by atoms with E-state index in [4.69, 9.17) is 11.2 Å². The molecule has 3 nitrogen and oxygen atoms in total.